The Morgan fingerprint density at radius 3 is 2.83 bits per heavy atom. The first-order chi connectivity index (χ1) is 8.65. The minimum atomic E-state index is -0.378. The maximum absolute atomic E-state index is 5.54. The van der Waals surface area contributed by atoms with Gasteiger partial charge in [0.25, 0.3) is 5.89 Å². The van der Waals surface area contributed by atoms with E-state index in [-0.39, 0.29) is 6.10 Å². The van der Waals surface area contributed by atoms with Crippen molar-refractivity contribution in [3.05, 3.63) is 29.3 Å². The third kappa shape index (κ3) is 2.39. The van der Waals surface area contributed by atoms with Gasteiger partial charge in [0.15, 0.2) is 0 Å². The molecule has 0 saturated heterocycles. The molecule has 0 spiro atoms. The smallest absolute Gasteiger partial charge is 0.257 e. The van der Waals surface area contributed by atoms with Gasteiger partial charge in [0.1, 0.15) is 11.8 Å². The molecule has 0 aliphatic heterocycles. The number of rotatable bonds is 4. The van der Waals surface area contributed by atoms with Crippen LogP contribution in [0.4, 0.5) is 0 Å². The van der Waals surface area contributed by atoms with E-state index < -0.39 is 0 Å². The largest absolute Gasteiger partial charge is 0.370 e. The van der Waals surface area contributed by atoms with Gasteiger partial charge in [-0.15, -0.1) is 0 Å². The van der Waals surface area contributed by atoms with Crippen molar-refractivity contribution >= 4 is 0 Å². The summed E-state index contributed by atoms with van der Waals surface area (Å²) in [5.41, 5.74) is 8.35. The summed E-state index contributed by atoms with van der Waals surface area (Å²) < 4.78 is 10.3. The molecule has 2 rings (SSSR count). The lowest BCUT2D eigenvalue weighted by molar-refractivity contribution is 0.0804. The minimum Gasteiger partial charge on any atom is -0.370 e. The maximum atomic E-state index is 5.54. The SMILES string of the molecule is COC(CN)c1nc(-c2ncc(C)cc2C)no1. The van der Waals surface area contributed by atoms with Gasteiger partial charge in [-0.2, -0.15) is 4.98 Å². The molecule has 2 heterocycles. The van der Waals surface area contributed by atoms with Crippen LogP contribution in [-0.4, -0.2) is 28.8 Å². The van der Waals surface area contributed by atoms with Gasteiger partial charge in [0, 0.05) is 19.9 Å². The summed E-state index contributed by atoms with van der Waals surface area (Å²) in [5.74, 6) is 0.828. The van der Waals surface area contributed by atoms with Gasteiger partial charge >= 0.3 is 0 Å². The molecular formula is C12H16N4O2. The van der Waals surface area contributed by atoms with Crippen LogP contribution in [-0.2, 0) is 4.74 Å². The molecule has 2 aromatic rings. The molecule has 96 valence electrons. The second-order valence-corrected chi connectivity index (χ2v) is 4.09. The Morgan fingerprint density at radius 2 is 2.22 bits per heavy atom. The Balaban J connectivity index is 2.34. The zero-order valence-corrected chi connectivity index (χ0v) is 10.7. The Kier molecular flexibility index (Phi) is 3.69. The quantitative estimate of drug-likeness (QED) is 0.879. The number of pyridine rings is 1. The second-order valence-electron chi connectivity index (χ2n) is 4.09. The van der Waals surface area contributed by atoms with Crippen LogP contribution in [0.3, 0.4) is 0 Å². The molecule has 0 amide bonds. The van der Waals surface area contributed by atoms with Crippen molar-refractivity contribution in [1.82, 2.24) is 15.1 Å². The molecule has 2 aromatic heterocycles. The zero-order valence-electron chi connectivity index (χ0n) is 10.7. The van der Waals surface area contributed by atoms with E-state index in [0.29, 0.717) is 24.0 Å². The average molecular weight is 248 g/mol. The number of aromatic nitrogens is 3. The van der Waals surface area contributed by atoms with E-state index in [4.69, 9.17) is 15.0 Å². The lowest BCUT2D eigenvalue weighted by Gasteiger charge is -2.05. The molecule has 6 nitrogen and oxygen atoms in total. The van der Waals surface area contributed by atoms with Crippen LogP contribution in [0.5, 0.6) is 0 Å². The first-order valence-corrected chi connectivity index (χ1v) is 5.65. The summed E-state index contributed by atoms with van der Waals surface area (Å²) in [6, 6.07) is 2.02. The number of methoxy groups -OCH3 is 1. The van der Waals surface area contributed by atoms with E-state index >= 15 is 0 Å². The molecule has 0 aliphatic carbocycles. The number of nitrogens with zero attached hydrogens (tertiary/aromatic N) is 3. The van der Waals surface area contributed by atoms with Crippen LogP contribution in [0.15, 0.2) is 16.8 Å². The van der Waals surface area contributed by atoms with Crippen LogP contribution in [0.1, 0.15) is 23.1 Å². The molecule has 6 heteroatoms. The Morgan fingerprint density at radius 1 is 1.44 bits per heavy atom. The summed E-state index contributed by atoms with van der Waals surface area (Å²) in [6.07, 6.45) is 1.40. The number of ether oxygens (including phenoxy) is 1. The molecule has 0 aromatic carbocycles. The Labute approximate surface area is 105 Å². The van der Waals surface area contributed by atoms with Crippen LogP contribution in [0.25, 0.3) is 11.5 Å². The van der Waals surface area contributed by atoms with E-state index in [0.717, 1.165) is 11.1 Å². The summed E-state index contributed by atoms with van der Waals surface area (Å²) in [5, 5.41) is 3.91. The van der Waals surface area contributed by atoms with E-state index in [9.17, 15) is 0 Å². The molecule has 0 aliphatic rings. The van der Waals surface area contributed by atoms with Crippen molar-refractivity contribution < 1.29 is 9.26 Å². The summed E-state index contributed by atoms with van der Waals surface area (Å²) in [6.45, 7) is 4.24. The molecule has 0 radical (unpaired) electrons. The van der Waals surface area contributed by atoms with Gasteiger partial charge in [-0.3, -0.25) is 4.98 Å². The number of aryl methyl sites for hydroxylation is 2. The van der Waals surface area contributed by atoms with Crippen molar-refractivity contribution in [2.75, 3.05) is 13.7 Å². The molecule has 0 saturated carbocycles. The van der Waals surface area contributed by atoms with E-state index in [2.05, 4.69) is 15.1 Å². The fourth-order valence-corrected chi connectivity index (χ4v) is 1.71. The van der Waals surface area contributed by atoms with Gasteiger partial charge in [-0.1, -0.05) is 11.2 Å². The van der Waals surface area contributed by atoms with Crippen LogP contribution in [0.2, 0.25) is 0 Å². The van der Waals surface area contributed by atoms with Crippen molar-refractivity contribution in [2.45, 2.75) is 20.0 Å². The highest BCUT2D eigenvalue weighted by molar-refractivity contribution is 5.54. The predicted octanol–water partition coefficient (Wildman–Crippen LogP) is 1.39. The second kappa shape index (κ2) is 5.24. The average Bonchev–Trinajstić information content (AvgIpc) is 2.80. The van der Waals surface area contributed by atoms with E-state index in [1.54, 1.807) is 13.3 Å². The fraction of sp³-hybridized carbons (Fsp3) is 0.417. The summed E-state index contributed by atoms with van der Waals surface area (Å²) >= 11 is 0. The van der Waals surface area contributed by atoms with Crippen LogP contribution in [0, 0.1) is 13.8 Å². The van der Waals surface area contributed by atoms with E-state index in [1.807, 2.05) is 19.9 Å². The number of hydrogen-bond donors (Lipinski definition) is 1. The third-order valence-corrected chi connectivity index (χ3v) is 2.64. The topological polar surface area (TPSA) is 87.1 Å². The highest BCUT2D eigenvalue weighted by atomic mass is 16.5. The van der Waals surface area contributed by atoms with Crippen LogP contribution < -0.4 is 5.73 Å². The molecular weight excluding hydrogens is 232 g/mol. The van der Waals surface area contributed by atoms with Gasteiger partial charge in [0.05, 0.1) is 0 Å². The Bertz CT molecular complexity index is 535. The Hall–Kier alpha value is -1.79. The third-order valence-electron chi connectivity index (χ3n) is 2.64. The predicted molar refractivity (Wildman–Crippen MR) is 65.8 cm³/mol. The minimum absolute atomic E-state index is 0.290. The van der Waals surface area contributed by atoms with Crippen molar-refractivity contribution in [3.8, 4) is 11.5 Å². The van der Waals surface area contributed by atoms with Gasteiger partial charge in [-0.25, -0.2) is 0 Å². The number of hydrogen-bond acceptors (Lipinski definition) is 6. The van der Waals surface area contributed by atoms with Crippen molar-refractivity contribution in [3.63, 3.8) is 0 Å². The van der Waals surface area contributed by atoms with Crippen LogP contribution >= 0.6 is 0 Å². The van der Waals surface area contributed by atoms with E-state index in [1.165, 1.54) is 0 Å². The van der Waals surface area contributed by atoms with Gasteiger partial charge in [0.2, 0.25) is 5.82 Å². The van der Waals surface area contributed by atoms with Gasteiger partial charge in [-0.05, 0) is 25.0 Å². The molecule has 1 unspecified atom stereocenters. The van der Waals surface area contributed by atoms with Crippen molar-refractivity contribution in [1.29, 1.82) is 0 Å². The normalized spacial score (nSPS) is 12.7. The molecule has 2 N–H and O–H groups in total. The highest BCUT2D eigenvalue weighted by Gasteiger charge is 2.18. The number of nitrogens with two attached hydrogens (primary N) is 1. The van der Waals surface area contributed by atoms with Crippen molar-refractivity contribution in [2.24, 2.45) is 5.73 Å². The fourth-order valence-electron chi connectivity index (χ4n) is 1.71. The monoisotopic (exact) mass is 248 g/mol. The standard InChI is InChI=1S/C12H16N4O2/c1-7-4-8(2)10(14-6-7)11-15-12(18-16-11)9(5-13)17-3/h4,6,9H,5,13H2,1-3H3. The summed E-state index contributed by atoms with van der Waals surface area (Å²) in [4.78, 5) is 8.58. The molecule has 0 fully saturated rings. The lowest BCUT2D eigenvalue weighted by atomic mass is 10.1. The van der Waals surface area contributed by atoms with Gasteiger partial charge < -0.3 is 15.0 Å². The summed E-state index contributed by atoms with van der Waals surface area (Å²) in [7, 11) is 1.55. The lowest BCUT2D eigenvalue weighted by Crippen LogP contribution is -2.14. The first-order valence-electron chi connectivity index (χ1n) is 5.65. The molecule has 0 bridgehead atoms. The molecule has 18 heavy (non-hydrogen) atoms. The zero-order chi connectivity index (χ0) is 13.1. The first kappa shape index (κ1) is 12.7. The molecule has 1 atom stereocenters. The highest BCUT2D eigenvalue weighted by Crippen LogP contribution is 2.21. The maximum Gasteiger partial charge on any atom is 0.257 e.